The van der Waals surface area contributed by atoms with Gasteiger partial charge in [-0.2, -0.15) is 0 Å². The van der Waals surface area contributed by atoms with Crippen LogP contribution >= 0.6 is 24.0 Å². The van der Waals surface area contributed by atoms with E-state index in [9.17, 15) is 0 Å². The molecule has 0 bridgehead atoms. The number of hydrogen-bond donors (Lipinski definition) is 2. The van der Waals surface area contributed by atoms with Gasteiger partial charge in [-0.3, -0.25) is 0 Å². The highest BCUT2D eigenvalue weighted by atomic mass is 32.2. The third-order valence-electron chi connectivity index (χ3n) is 2.02. The Bertz CT molecular complexity index is 347. The molecule has 0 aliphatic heterocycles. The Morgan fingerprint density at radius 3 is 2.62 bits per heavy atom. The third kappa shape index (κ3) is 4.68. The fourth-order valence-electron chi connectivity index (χ4n) is 1.15. The van der Waals surface area contributed by atoms with Gasteiger partial charge in [0, 0.05) is 18.0 Å². The first-order valence-corrected chi connectivity index (χ1v) is 6.65. The second-order valence-electron chi connectivity index (χ2n) is 3.20. The first kappa shape index (κ1) is 13.1. The molecule has 4 heteroatoms. The van der Waals surface area contributed by atoms with Crippen molar-refractivity contribution < 1.29 is 0 Å². The van der Waals surface area contributed by atoms with Crippen molar-refractivity contribution in [1.29, 1.82) is 0 Å². The molecule has 0 aromatic heterocycles. The Kier molecular flexibility index (Phi) is 5.96. The van der Waals surface area contributed by atoms with Crippen molar-refractivity contribution in [2.24, 2.45) is 0 Å². The van der Waals surface area contributed by atoms with Crippen LogP contribution in [0.1, 0.15) is 5.56 Å². The van der Waals surface area contributed by atoms with Crippen molar-refractivity contribution in [3.05, 3.63) is 42.5 Å². The van der Waals surface area contributed by atoms with E-state index in [0.717, 1.165) is 6.54 Å². The van der Waals surface area contributed by atoms with Crippen LogP contribution in [0, 0.1) is 0 Å². The molecule has 0 aliphatic rings. The van der Waals surface area contributed by atoms with Crippen LogP contribution in [0.3, 0.4) is 0 Å². The Morgan fingerprint density at radius 2 is 2.06 bits per heavy atom. The summed E-state index contributed by atoms with van der Waals surface area (Å²) in [5, 5.41) is 6.82. The molecule has 0 heterocycles. The van der Waals surface area contributed by atoms with Crippen molar-refractivity contribution in [2.75, 3.05) is 12.8 Å². The van der Waals surface area contributed by atoms with Gasteiger partial charge < -0.3 is 10.6 Å². The average Bonchev–Trinajstić information content (AvgIpc) is 2.34. The van der Waals surface area contributed by atoms with Crippen LogP contribution in [0.5, 0.6) is 0 Å². The fraction of sp³-hybridized carbons (Fsp3) is 0.250. The van der Waals surface area contributed by atoms with Crippen molar-refractivity contribution in [3.8, 4) is 0 Å². The lowest BCUT2D eigenvalue weighted by atomic mass is 10.2. The van der Waals surface area contributed by atoms with Gasteiger partial charge in [-0.1, -0.05) is 18.2 Å². The molecule has 16 heavy (non-hydrogen) atoms. The van der Waals surface area contributed by atoms with E-state index in [4.69, 9.17) is 12.2 Å². The van der Waals surface area contributed by atoms with Gasteiger partial charge in [0.1, 0.15) is 0 Å². The monoisotopic (exact) mass is 252 g/mol. The Morgan fingerprint density at radius 1 is 1.38 bits per heavy atom. The normalized spacial score (nSPS) is 9.56. The minimum atomic E-state index is 0.661. The quantitative estimate of drug-likeness (QED) is 0.478. The first-order chi connectivity index (χ1) is 7.76. The summed E-state index contributed by atoms with van der Waals surface area (Å²) in [5.41, 5.74) is 1.22. The number of rotatable bonds is 5. The van der Waals surface area contributed by atoms with Crippen LogP contribution in [0.2, 0.25) is 0 Å². The van der Waals surface area contributed by atoms with Gasteiger partial charge in [-0.25, -0.2) is 0 Å². The molecule has 1 aromatic rings. The van der Waals surface area contributed by atoms with Crippen molar-refractivity contribution in [2.45, 2.75) is 11.4 Å². The summed E-state index contributed by atoms with van der Waals surface area (Å²) in [6.45, 7) is 5.06. The molecule has 0 aliphatic carbocycles. The van der Waals surface area contributed by atoms with Gasteiger partial charge >= 0.3 is 0 Å². The molecule has 2 N–H and O–H groups in total. The minimum Gasteiger partial charge on any atom is -0.359 e. The zero-order valence-electron chi connectivity index (χ0n) is 9.32. The van der Waals surface area contributed by atoms with Gasteiger partial charge in [-0.05, 0) is 36.2 Å². The molecule has 86 valence electrons. The lowest BCUT2D eigenvalue weighted by molar-refractivity contribution is 0.872. The Balaban J connectivity index is 2.36. The van der Waals surface area contributed by atoms with Crippen LogP contribution in [0.15, 0.2) is 41.8 Å². The van der Waals surface area contributed by atoms with E-state index < -0.39 is 0 Å². The zero-order chi connectivity index (χ0) is 11.8. The Hall–Kier alpha value is -1.00. The van der Waals surface area contributed by atoms with Crippen molar-refractivity contribution in [1.82, 2.24) is 10.6 Å². The third-order valence-corrected chi connectivity index (χ3v) is 3.05. The molecule has 1 rings (SSSR count). The molecule has 1 aromatic carbocycles. The van der Waals surface area contributed by atoms with Crippen LogP contribution in [-0.4, -0.2) is 17.9 Å². The topological polar surface area (TPSA) is 24.1 Å². The number of hydrogen-bond acceptors (Lipinski definition) is 2. The summed E-state index contributed by atoms with van der Waals surface area (Å²) in [6, 6.07) is 8.44. The van der Waals surface area contributed by atoms with Gasteiger partial charge in [0.25, 0.3) is 0 Å². The molecule has 2 nitrogen and oxygen atoms in total. The highest BCUT2D eigenvalue weighted by Crippen LogP contribution is 2.14. The molecule has 0 spiro atoms. The number of thiocarbonyl (C=S) groups is 1. The van der Waals surface area contributed by atoms with Crippen LogP contribution < -0.4 is 10.6 Å². The maximum Gasteiger partial charge on any atom is 0.166 e. The number of thioether (sulfide) groups is 1. The molecular weight excluding hydrogens is 236 g/mol. The minimum absolute atomic E-state index is 0.661. The van der Waals surface area contributed by atoms with Gasteiger partial charge in [0.05, 0.1) is 0 Å². The number of benzene rings is 1. The second kappa shape index (κ2) is 7.30. The Labute approximate surface area is 107 Å². The summed E-state index contributed by atoms with van der Waals surface area (Å²) in [7, 11) is 0. The smallest absolute Gasteiger partial charge is 0.166 e. The predicted octanol–water partition coefficient (Wildman–Crippen LogP) is 2.56. The fourth-order valence-corrected chi connectivity index (χ4v) is 1.72. The van der Waals surface area contributed by atoms with Gasteiger partial charge in [0.15, 0.2) is 5.11 Å². The predicted molar refractivity (Wildman–Crippen MR) is 75.9 cm³/mol. The molecular formula is C12H16N2S2. The summed E-state index contributed by atoms with van der Waals surface area (Å²) in [5.74, 6) is 0. The van der Waals surface area contributed by atoms with Crippen LogP contribution in [-0.2, 0) is 6.54 Å². The molecule has 0 saturated heterocycles. The molecule has 0 saturated carbocycles. The van der Waals surface area contributed by atoms with E-state index in [-0.39, 0.29) is 0 Å². The van der Waals surface area contributed by atoms with E-state index in [1.165, 1.54) is 10.5 Å². The van der Waals surface area contributed by atoms with E-state index in [2.05, 4.69) is 47.7 Å². The van der Waals surface area contributed by atoms with Crippen molar-refractivity contribution in [3.63, 3.8) is 0 Å². The van der Waals surface area contributed by atoms with Gasteiger partial charge in [0.2, 0.25) is 0 Å². The van der Waals surface area contributed by atoms with E-state index in [0.29, 0.717) is 11.7 Å². The molecule has 0 atom stereocenters. The maximum atomic E-state index is 5.09. The molecule has 0 fully saturated rings. The van der Waals surface area contributed by atoms with Gasteiger partial charge in [-0.15, -0.1) is 18.3 Å². The first-order valence-electron chi connectivity index (χ1n) is 5.02. The zero-order valence-corrected chi connectivity index (χ0v) is 11.0. The molecule has 0 radical (unpaired) electrons. The van der Waals surface area contributed by atoms with E-state index >= 15 is 0 Å². The molecule has 0 unspecified atom stereocenters. The summed E-state index contributed by atoms with van der Waals surface area (Å²) >= 11 is 6.84. The van der Waals surface area contributed by atoms with Crippen molar-refractivity contribution >= 4 is 29.1 Å². The SMILES string of the molecule is C=CCNC(=S)NCc1ccc(SC)cc1. The summed E-state index contributed by atoms with van der Waals surface area (Å²) < 4.78 is 0. The molecule has 0 amide bonds. The van der Waals surface area contributed by atoms with Crippen LogP contribution in [0.4, 0.5) is 0 Å². The highest BCUT2D eigenvalue weighted by Gasteiger charge is 1.95. The number of nitrogens with one attached hydrogen (secondary N) is 2. The summed E-state index contributed by atoms with van der Waals surface area (Å²) in [4.78, 5) is 1.27. The summed E-state index contributed by atoms with van der Waals surface area (Å²) in [6.07, 6.45) is 3.85. The van der Waals surface area contributed by atoms with Crippen LogP contribution in [0.25, 0.3) is 0 Å². The standard InChI is InChI=1S/C12H16N2S2/c1-3-8-13-12(15)14-9-10-4-6-11(16-2)7-5-10/h3-7H,1,8-9H2,2H3,(H2,13,14,15). The maximum absolute atomic E-state index is 5.09. The largest absolute Gasteiger partial charge is 0.359 e. The average molecular weight is 252 g/mol. The lowest BCUT2D eigenvalue weighted by Crippen LogP contribution is -2.34. The van der Waals surface area contributed by atoms with E-state index in [1.54, 1.807) is 17.8 Å². The lowest BCUT2D eigenvalue weighted by Gasteiger charge is -2.09. The highest BCUT2D eigenvalue weighted by molar-refractivity contribution is 7.98. The second-order valence-corrected chi connectivity index (χ2v) is 4.49. The van der Waals surface area contributed by atoms with E-state index in [1.807, 2.05) is 0 Å².